The number of nitrogens with zero attached hydrogens (tertiary/aromatic N) is 3. The maximum atomic E-state index is 12.4. The van der Waals surface area contributed by atoms with E-state index in [1.165, 1.54) is 18.3 Å². The van der Waals surface area contributed by atoms with E-state index in [-0.39, 0.29) is 18.1 Å². The number of carbonyl (C=O) groups excluding carboxylic acids is 1. The maximum Gasteiger partial charge on any atom is 0.311 e. The van der Waals surface area contributed by atoms with Crippen molar-refractivity contribution in [3.8, 4) is 6.07 Å². The molecule has 1 aliphatic heterocycles. The molecule has 6 nitrogen and oxygen atoms in total. The van der Waals surface area contributed by atoms with Crippen molar-refractivity contribution in [3.05, 3.63) is 29.6 Å². The molecule has 0 bridgehead atoms. The van der Waals surface area contributed by atoms with E-state index < -0.39 is 11.4 Å². The number of rotatable bonds is 3. The fourth-order valence-corrected chi connectivity index (χ4v) is 2.67. The fourth-order valence-electron chi connectivity index (χ4n) is 2.67. The Labute approximate surface area is 123 Å². The molecule has 1 aromatic rings. The summed E-state index contributed by atoms with van der Waals surface area (Å²) in [7, 11) is 0. The normalized spacial score (nSPS) is 21.6. The van der Waals surface area contributed by atoms with Gasteiger partial charge in [-0.3, -0.25) is 9.59 Å². The number of pyridine rings is 1. The summed E-state index contributed by atoms with van der Waals surface area (Å²) >= 11 is 0. The minimum Gasteiger partial charge on any atom is -0.481 e. The lowest BCUT2D eigenvalue weighted by molar-refractivity contribution is -0.152. The summed E-state index contributed by atoms with van der Waals surface area (Å²) < 4.78 is 0. The van der Waals surface area contributed by atoms with Crippen molar-refractivity contribution in [2.45, 2.75) is 26.2 Å². The van der Waals surface area contributed by atoms with Crippen LogP contribution in [0.5, 0.6) is 0 Å². The second-order valence-corrected chi connectivity index (χ2v) is 5.31. The van der Waals surface area contributed by atoms with Crippen LogP contribution in [0, 0.1) is 16.7 Å². The summed E-state index contributed by atoms with van der Waals surface area (Å²) in [4.78, 5) is 29.5. The Morgan fingerprint density at radius 2 is 2.29 bits per heavy atom. The van der Waals surface area contributed by atoms with Crippen molar-refractivity contribution in [2.24, 2.45) is 5.41 Å². The Morgan fingerprint density at radius 1 is 1.52 bits per heavy atom. The van der Waals surface area contributed by atoms with E-state index in [1.54, 1.807) is 4.90 Å². The molecule has 0 radical (unpaired) electrons. The molecule has 0 aromatic carbocycles. The number of carbonyl (C=O) groups is 2. The SMILES string of the molecule is CCC1(C(=O)O)CCCN(C(=O)c2ccc(C#N)cn2)C1. The van der Waals surface area contributed by atoms with E-state index in [0.717, 1.165) is 0 Å². The Balaban J connectivity index is 2.19. The molecule has 1 amide bonds. The molecular weight excluding hydrogens is 270 g/mol. The molecule has 1 fully saturated rings. The highest BCUT2D eigenvalue weighted by Crippen LogP contribution is 2.34. The molecule has 1 aliphatic rings. The molecule has 0 aliphatic carbocycles. The quantitative estimate of drug-likeness (QED) is 0.912. The lowest BCUT2D eigenvalue weighted by atomic mass is 9.77. The van der Waals surface area contributed by atoms with Crippen LogP contribution in [0.1, 0.15) is 42.2 Å². The molecule has 21 heavy (non-hydrogen) atoms. The Hall–Kier alpha value is -2.42. The highest BCUT2D eigenvalue weighted by atomic mass is 16.4. The summed E-state index contributed by atoms with van der Waals surface area (Å²) in [6.45, 7) is 2.58. The number of aliphatic carboxylic acids is 1. The van der Waals surface area contributed by atoms with Gasteiger partial charge in [-0.1, -0.05) is 6.92 Å². The number of hydrogen-bond acceptors (Lipinski definition) is 4. The second-order valence-electron chi connectivity index (χ2n) is 5.31. The largest absolute Gasteiger partial charge is 0.481 e. The number of carboxylic acid groups (broad SMARTS) is 1. The third-order valence-corrected chi connectivity index (χ3v) is 4.11. The number of nitriles is 1. The van der Waals surface area contributed by atoms with Crippen LogP contribution in [-0.4, -0.2) is 40.0 Å². The van der Waals surface area contributed by atoms with Crippen molar-refractivity contribution in [1.29, 1.82) is 5.26 Å². The van der Waals surface area contributed by atoms with Gasteiger partial charge in [-0.2, -0.15) is 5.26 Å². The zero-order valence-electron chi connectivity index (χ0n) is 11.9. The van der Waals surface area contributed by atoms with Crippen molar-refractivity contribution in [1.82, 2.24) is 9.88 Å². The lowest BCUT2D eigenvalue weighted by Crippen LogP contribution is -2.49. The van der Waals surface area contributed by atoms with E-state index in [2.05, 4.69) is 4.98 Å². The summed E-state index contributed by atoms with van der Waals surface area (Å²) in [5.74, 6) is -1.13. The van der Waals surface area contributed by atoms with Gasteiger partial charge in [-0.05, 0) is 31.4 Å². The smallest absolute Gasteiger partial charge is 0.311 e. The molecule has 0 spiro atoms. The summed E-state index contributed by atoms with van der Waals surface area (Å²) in [6.07, 6.45) is 3.10. The molecule has 1 unspecified atom stereocenters. The van der Waals surface area contributed by atoms with Gasteiger partial charge in [0.1, 0.15) is 11.8 Å². The van der Waals surface area contributed by atoms with Crippen LogP contribution in [0.2, 0.25) is 0 Å². The molecule has 6 heteroatoms. The van der Waals surface area contributed by atoms with Crippen molar-refractivity contribution in [3.63, 3.8) is 0 Å². The summed E-state index contributed by atoms with van der Waals surface area (Å²) in [6, 6.07) is 4.98. The Bertz CT molecular complexity index is 591. The minimum atomic E-state index is -0.861. The number of hydrogen-bond donors (Lipinski definition) is 1. The molecule has 1 saturated heterocycles. The fraction of sp³-hybridized carbons (Fsp3) is 0.467. The molecule has 1 N–H and O–H groups in total. The average Bonchev–Trinajstić information content (AvgIpc) is 2.54. The third kappa shape index (κ3) is 2.87. The predicted octanol–water partition coefficient (Wildman–Crippen LogP) is 1.67. The van der Waals surface area contributed by atoms with Gasteiger partial charge < -0.3 is 10.0 Å². The standard InChI is InChI=1S/C15H17N3O3/c1-2-15(14(20)21)6-3-7-18(10-15)13(19)12-5-4-11(8-16)9-17-12/h4-5,9H,2-3,6-7,10H2,1H3,(H,20,21). The van der Waals surface area contributed by atoms with Crippen molar-refractivity contribution < 1.29 is 14.7 Å². The topological polar surface area (TPSA) is 94.3 Å². The highest BCUT2D eigenvalue weighted by molar-refractivity contribution is 5.93. The molecule has 1 atom stereocenters. The van der Waals surface area contributed by atoms with Gasteiger partial charge in [0.2, 0.25) is 0 Å². The van der Waals surface area contributed by atoms with Gasteiger partial charge in [-0.15, -0.1) is 0 Å². The summed E-state index contributed by atoms with van der Waals surface area (Å²) in [5, 5.41) is 18.2. The van der Waals surface area contributed by atoms with Crippen LogP contribution in [0.15, 0.2) is 18.3 Å². The third-order valence-electron chi connectivity index (χ3n) is 4.11. The molecule has 110 valence electrons. The summed E-state index contributed by atoms with van der Waals surface area (Å²) in [5.41, 5.74) is -0.231. The van der Waals surface area contributed by atoms with Crippen LogP contribution in [0.4, 0.5) is 0 Å². The Morgan fingerprint density at radius 3 is 2.81 bits per heavy atom. The second kappa shape index (κ2) is 5.92. The van der Waals surface area contributed by atoms with Gasteiger partial charge in [0.25, 0.3) is 5.91 Å². The van der Waals surface area contributed by atoms with E-state index in [4.69, 9.17) is 5.26 Å². The number of aromatic nitrogens is 1. The van der Waals surface area contributed by atoms with E-state index in [0.29, 0.717) is 31.4 Å². The van der Waals surface area contributed by atoms with Gasteiger partial charge in [0.05, 0.1) is 11.0 Å². The molecule has 2 rings (SSSR count). The molecule has 1 aromatic heterocycles. The van der Waals surface area contributed by atoms with Gasteiger partial charge in [-0.25, -0.2) is 4.98 Å². The minimum absolute atomic E-state index is 0.208. The van der Waals surface area contributed by atoms with E-state index in [1.807, 2.05) is 13.0 Å². The molecule has 0 saturated carbocycles. The van der Waals surface area contributed by atoms with Gasteiger partial charge >= 0.3 is 5.97 Å². The number of piperidine rings is 1. The lowest BCUT2D eigenvalue weighted by Gasteiger charge is -2.39. The molecule has 2 heterocycles. The predicted molar refractivity (Wildman–Crippen MR) is 74.4 cm³/mol. The first kappa shape index (κ1) is 15.0. The zero-order chi connectivity index (χ0) is 15.5. The van der Waals surface area contributed by atoms with Gasteiger partial charge in [0, 0.05) is 19.3 Å². The van der Waals surface area contributed by atoms with Gasteiger partial charge in [0.15, 0.2) is 0 Å². The van der Waals surface area contributed by atoms with E-state index >= 15 is 0 Å². The van der Waals surface area contributed by atoms with E-state index in [9.17, 15) is 14.7 Å². The van der Waals surface area contributed by atoms with Crippen LogP contribution in [-0.2, 0) is 4.79 Å². The number of likely N-dealkylation sites (tertiary alicyclic amines) is 1. The first-order valence-corrected chi connectivity index (χ1v) is 6.91. The van der Waals surface area contributed by atoms with Crippen LogP contribution in [0.25, 0.3) is 0 Å². The Kier molecular flexibility index (Phi) is 4.22. The monoisotopic (exact) mass is 287 g/mol. The van der Waals surface area contributed by atoms with Crippen LogP contribution >= 0.6 is 0 Å². The first-order chi connectivity index (χ1) is 10.0. The maximum absolute atomic E-state index is 12.4. The van der Waals surface area contributed by atoms with Crippen molar-refractivity contribution >= 4 is 11.9 Å². The van der Waals surface area contributed by atoms with Crippen LogP contribution in [0.3, 0.4) is 0 Å². The van der Waals surface area contributed by atoms with Crippen molar-refractivity contribution in [2.75, 3.05) is 13.1 Å². The molecular formula is C15H17N3O3. The van der Waals surface area contributed by atoms with Crippen LogP contribution < -0.4 is 0 Å². The highest BCUT2D eigenvalue weighted by Gasteiger charge is 2.42. The first-order valence-electron chi connectivity index (χ1n) is 6.91. The number of amides is 1. The average molecular weight is 287 g/mol. The number of carboxylic acids is 1. The zero-order valence-corrected chi connectivity index (χ0v) is 11.9.